The van der Waals surface area contributed by atoms with Crippen LogP contribution in [0.15, 0.2) is 35.2 Å². The van der Waals surface area contributed by atoms with Crippen LogP contribution in [-0.4, -0.2) is 11.3 Å². The van der Waals surface area contributed by atoms with Crippen LogP contribution in [0.4, 0.5) is 0 Å². The molecule has 1 nitrogen and oxygen atoms in total. The molecule has 14 heavy (non-hydrogen) atoms. The van der Waals surface area contributed by atoms with Crippen LogP contribution in [0.2, 0.25) is 0 Å². The Bertz CT molecular complexity index is 290. The second-order valence-corrected chi connectivity index (χ2v) is 5.86. The molecule has 1 aliphatic carbocycles. The van der Waals surface area contributed by atoms with Gasteiger partial charge in [0.25, 0.3) is 0 Å². The average molecular weight is 207 g/mol. The Hall–Kier alpha value is -0.470. The summed E-state index contributed by atoms with van der Waals surface area (Å²) in [6.45, 7) is 3.11. The summed E-state index contributed by atoms with van der Waals surface area (Å²) in [5, 5.41) is 0. The van der Waals surface area contributed by atoms with Crippen LogP contribution in [-0.2, 0) is 0 Å². The Morgan fingerprint density at radius 3 is 2.50 bits per heavy atom. The standard InChI is InChI=1S/C12H17NS/c1-10-7-12(8-10,9-13)14-11-5-3-2-4-6-11/h2-6,10H,7-9,13H2,1H3. The van der Waals surface area contributed by atoms with Crippen molar-refractivity contribution in [2.45, 2.75) is 29.4 Å². The third kappa shape index (κ3) is 1.96. The van der Waals surface area contributed by atoms with Crippen LogP contribution in [0.5, 0.6) is 0 Å². The minimum atomic E-state index is 0.334. The summed E-state index contributed by atoms with van der Waals surface area (Å²) in [6, 6.07) is 10.6. The second kappa shape index (κ2) is 3.95. The molecule has 1 aromatic rings. The first-order valence-corrected chi connectivity index (χ1v) is 6.00. The number of hydrogen-bond donors (Lipinski definition) is 1. The molecule has 2 N–H and O–H groups in total. The van der Waals surface area contributed by atoms with E-state index < -0.39 is 0 Å². The molecular weight excluding hydrogens is 190 g/mol. The van der Waals surface area contributed by atoms with E-state index in [1.54, 1.807) is 0 Å². The Kier molecular flexibility index (Phi) is 2.84. The molecule has 0 heterocycles. The number of nitrogens with two attached hydrogens (primary N) is 1. The number of benzene rings is 1. The first kappa shape index (κ1) is 10.1. The Morgan fingerprint density at radius 2 is 2.00 bits per heavy atom. The minimum absolute atomic E-state index is 0.334. The highest BCUT2D eigenvalue weighted by molar-refractivity contribution is 8.00. The largest absolute Gasteiger partial charge is 0.329 e. The SMILES string of the molecule is CC1CC(CN)(Sc2ccccc2)C1. The molecule has 0 atom stereocenters. The van der Waals surface area contributed by atoms with E-state index in [-0.39, 0.29) is 0 Å². The van der Waals surface area contributed by atoms with Crippen molar-refractivity contribution in [3.8, 4) is 0 Å². The highest BCUT2D eigenvalue weighted by Crippen LogP contribution is 2.49. The molecule has 0 saturated heterocycles. The summed E-state index contributed by atoms with van der Waals surface area (Å²) >= 11 is 1.96. The van der Waals surface area contributed by atoms with Gasteiger partial charge in [0.1, 0.15) is 0 Å². The van der Waals surface area contributed by atoms with Gasteiger partial charge in [-0.1, -0.05) is 25.1 Å². The molecule has 0 spiro atoms. The Labute approximate surface area is 90.1 Å². The number of hydrogen-bond acceptors (Lipinski definition) is 2. The summed E-state index contributed by atoms with van der Waals surface area (Å²) in [5.41, 5.74) is 5.86. The molecule has 1 aliphatic rings. The Balaban J connectivity index is 2.03. The van der Waals surface area contributed by atoms with Crippen molar-refractivity contribution in [3.63, 3.8) is 0 Å². The first-order valence-electron chi connectivity index (χ1n) is 5.18. The fourth-order valence-corrected chi connectivity index (χ4v) is 3.85. The molecule has 0 aliphatic heterocycles. The molecule has 0 unspecified atom stereocenters. The fraction of sp³-hybridized carbons (Fsp3) is 0.500. The van der Waals surface area contributed by atoms with Crippen molar-refractivity contribution in [1.29, 1.82) is 0 Å². The van der Waals surface area contributed by atoms with Gasteiger partial charge in [-0.05, 0) is 30.9 Å². The summed E-state index contributed by atoms with van der Waals surface area (Å²) in [6.07, 6.45) is 2.53. The number of thioether (sulfide) groups is 1. The monoisotopic (exact) mass is 207 g/mol. The summed E-state index contributed by atoms with van der Waals surface area (Å²) < 4.78 is 0.334. The first-order chi connectivity index (χ1) is 6.74. The summed E-state index contributed by atoms with van der Waals surface area (Å²) in [7, 11) is 0. The maximum Gasteiger partial charge on any atom is 0.0334 e. The normalized spacial score (nSPS) is 31.1. The summed E-state index contributed by atoms with van der Waals surface area (Å²) in [4.78, 5) is 1.35. The Morgan fingerprint density at radius 1 is 1.36 bits per heavy atom. The zero-order valence-corrected chi connectivity index (χ0v) is 9.39. The van der Waals surface area contributed by atoms with Crippen molar-refractivity contribution in [2.75, 3.05) is 6.54 Å². The fourth-order valence-electron chi connectivity index (χ4n) is 2.24. The van der Waals surface area contributed by atoms with E-state index in [0.29, 0.717) is 4.75 Å². The predicted molar refractivity (Wildman–Crippen MR) is 62.5 cm³/mol. The van der Waals surface area contributed by atoms with E-state index >= 15 is 0 Å². The lowest BCUT2D eigenvalue weighted by Crippen LogP contribution is -2.45. The zero-order valence-electron chi connectivity index (χ0n) is 8.57. The predicted octanol–water partition coefficient (Wildman–Crippen LogP) is 2.91. The molecule has 1 aromatic carbocycles. The van der Waals surface area contributed by atoms with E-state index in [2.05, 4.69) is 37.3 Å². The van der Waals surface area contributed by atoms with E-state index in [1.165, 1.54) is 17.7 Å². The van der Waals surface area contributed by atoms with Crippen molar-refractivity contribution in [1.82, 2.24) is 0 Å². The van der Waals surface area contributed by atoms with Crippen LogP contribution in [0.1, 0.15) is 19.8 Å². The van der Waals surface area contributed by atoms with Gasteiger partial charge in [0, 0.05) is 16.2 Å². The lowest BCUT2D eigenvalue weighted by Gasteiger charge is -2.45. The smallest absolute Gasteiger partial charge is 0.0334 e. The van der Waals surface area contributed by atoms with Crippen molar-refractivity contribution >= 4 is 11.8 Å². The van der Waals surface area contributed by atoms with E-state index in [4.69, 9.17) is 5.73 Å². The summed E-state index contributed by atoms with van der Waals surface area (Å²) in [5.74, 6) is 0.856. The maximum atomic E-state index is 5.86. The maximum absolute atomic E-state index is 5.86. The zero-order chi connectivity index (χ0) is 10.0. The highest BCUT2D eigenvalue weighted by Gasteiger charge is 2.41. The van der Waals surface area contributed by atoms with Gasteiger partial charge in [-0.25, -0.2) is 0 Å². The van der Waals surface area contributed by atoms with Gasteiger partial charge >= 0.3 is 0 Å². The van der Waals surface area contributed by atoms with Crippen LogP contribution in [0, 0.1) is 5.92 Å². The van der Waals surface area contributed by atoms with Crippen molar-refractivity contribution in [2.24, 2.45) is 11.7 Å². The van der Waals surface area contributed by atoms with Gasteiger partial charge in [0.15, 0.2) is 0 Å². The minimum Gasteiger partial charge on any atom is -0.329 e. The molecule has 2 heteroatoms. The molecule has 76 valence electrons. The van der Waals surface area contributed by atoms with Gasteiger partial charge in [0.2, 0.25) is 0 Å². The van der Waals surface area contributed by atoms with Crippen molar-refractivity contribution < 1.29 is 0 Å². The lowest BCUT2D eigenvalue weighted by molar-refractivity contribution is 0.257. The molecule has 1 fully saturated rings. The number of rotatable bonds is 3. The third-order valence-corrected chi connectivity index (χ3v) is 4.33. The van der Waals surface area contributed by atoms with Gasteiger partial charge in [0.05, 0.1) is 0 Å². The second-order valence-electron chi connectivity index (χ2n) is 4.32. The molecular formula is C12H17NS. The highest BCUT2D eigenvalue weighted by atomic mass is 32.2. The van der Waals surface area contributed by atoms with Gasteiger partial charge in [-0.3, -0.25) is 0 Å². The van der Waals surface area contributed by atoms with E-state index in [9.17, 15) is 0 Å². The quantitative estimate of drug-likeness (QED) is 0.824. The average Bonchev–Trinajstić information content (AvgIpc) is 2.16. The van der Waals surface area contributed by atoms with Crippen LogP contribution < -0.4 is 5.73 Å². The van der Waals surface area contributed by atoms with E-state index in [1.807, 2.05) is 11.8 Å². The van der Waals surface area contributed by atoms with Crippen LogP contribution in [0.25, 0.3) is 0 Å². The third-order valence-electron chi connectivity index (χ3n) is 2.89. The molecule has 0 radical (unpaired) electrons. The van der Waals surface area contributed by atoms with Gasteiger partial charge in [-0.2, -0.15) is 0 Å². The molecule has 0 bridgehead atoms. The van der Waals surface area contributed by atoms with Crippen LogP contribution >= 0.6 is 11.8 Å². The van der Waals surface area contributed by atoms with Gasteiger partial charge < -0.3 is 5.73 Å². The molecule has 2 rings (SSSR count). The topological polar surface area (TPSA) is 26.0 Å². The molecule has 1 saturated carbocycles. The lowest BCUT2D eigenvalue weighted by atomic mass is 9.75. The van der Waals surface area contributed by atoms with Crippen LogP contribution in [0.3, 0.4) is 0 Å². The van der Waals surface area contributed by atoms with Crippen molar-refractivity contribution in [3.05, 3.63) is 30.3 Å². The van der Waals surface area contributed by atoms with Gasteiger partial charge in [-0.15, -0.1) is 11.8 Å². The molecule has 0 aromatic heterocycles. The van der Waals surface area contributed by atoms with E-state index in [0.717, 1.165) is 12.5 Å². The molecule has 0 amide bonds.